The molecule has 3 N–H and O–H groups in total. The molecular formula is C17H27N3O2. The van der Waals surface area contributed by atoms with Gasteiger partial charge in [-0.3, -0.25) is 4.79 Å². The van der Waals surface area contributed by atoms with Gasteiger partial charge in [-0.25, -0.2) is 0 Å². The molecule has 0 aromatic carbocycles. The van der Waals surface area contributed by atoms with Crippen molar-refractivity contribution in [2.45, 2.75) is 70.9 Å². The van der Waals surface area contributed by atoms with Gasteiger partial charge in [0, 0.05) is 18.0 Å². The van der Waals surface area contributed by atoms with E-state index in [1.165, 1.54) is 19.3 Å². The molecule has 0 aliphatic heterocycles. The second-order valence-electron chi connectivity index (χ2n) is 7.34. The summed E-state index contributed by atoms with van der Waals surface area (Å²) >= 11 is 0. The molecule has 2 bridgehead atoms. The third-order valence-electron chi connectivity index (χ3n) is 5.31. The molecule has 5 heteroatoms. The van der Waals surface area contributed by atoms with Crippen molar-refractivity contribution in [1.82, 2.24) is 10.5 Å². The predicted molar refractivity (Wildman–Crippen MR) is 84.6 cm³/mol. The van der Waals surface area contributed by atoms with Gasteiger partial charge in [-0.15, -0.1) is 0 Å². The van der Waals surface area contributed by atoms with Crippen LogP contribution in [-0.2, 0) is 0 Å². The van der Waals surface area contributed by atoms with Gasteiger partial charge in [-0.2, -0.15) is 0 Å². The molecule has 22 heavy (non-hydrogen) atoms. The molecule has 1 amide bonds. The molecule has 2 atom stereocenters. The van der Waals surface area contributed by atoms with Gasteiger partial charge in [0.05, 0.1) is 5.69 Å². The maximum Gasteiger partial charge on any atom is 0.257 e. The fourth-order valence-electron chi connectivity index (χ4n) is 4.31. The van der Waals surface area contributed by atoms with Crippen LogP contribution < -0.4 is 11.1 Å². The molecule has 1 aromatic heterocycles. The standard InChI is InChI=1S/C17H27N3O2/c1-9(2)16-14(10(3)20-22-16)17(21)19-15-11-5-4-6-12(15)8-13(18)7-11/h9,11-13,15H,4-8,18H2,1-3H3,(H,19,21). The van der Waals surface area contributed by atoms with Gasteiger partial charge in [0.15, 0.2) is 5.76 Å². The van der Waals surface area contributed by atoms with Gasteiger partial charge in [0.1, 0.15) is 5.56 Å². The van der Waals surface area contributed by atoms with Gasteiger partial charge in [0.2, 0.25) is 0 Å². The molecule has 3 rings (SSSR count). The van der Waals surface area contributed by atoms with Gasteiger partial charge >= 0.3 is 0 Å². The van der Waals surface area contributed by atoms with Crippen LogP contribution in [0.5, 0.6) is 0 Å². The van der Waals surface area contributed by atoms with E-state index in [2.05, 4.69) is 10.5 Å². The van der Waals surface area contributed by atoms with Crippen LogP contribution in [0.25, 0.3) is 0 Å². The minimum Gasteiger partial charge on any atom is -0.360 e. The number of aromatic nitrogens is 1. The topological polar surface area (TPSA) is 81.2 Å². The summed E-state index contributed by atoms with van der Waals surface area (Å²) in [6, 6.07) is 0.558. The fourth-order valence-corrected chi connectivity index (χ4v) is 4.31. The normalized spacial score (nSPS) is 31.3. The molecule has 1 heterocycles. The van der Waals surface area contributed by atoms with E-state index < -0.39 is 0 Å². The van der Waals surface area contributed by atoms with Crippen molar-refractivity contribution in [2.75, 3.05) is 0 Å². The van der Waals surface area contributed by atoms with Crippen LogP contribution in [0.4, 0.5) is 0 Å². The van der Waals surface area contributed by atoms with Crippen molar-refractivity contribution in [1.29, 1.82) is 0 Å². The van der Waals surface area contributed by atoms with E-state index in [-0.39, 0.29) is 17.9 Å². The molecule has 1 aromatic rings. The highest BCUT2D eigenvalue weighted by Gasteiger charge is 2.40. The first kappa shape index (κ1) is 15.5. The minimum atomic E-state index is -0.0279. The number of amides is 1. The number of nitrogens with zero attached hydrogens (tertiary/aromatic N) is 1. The number of nitrogens with two attached hydrogens (primary N) is 1. The molecule has 2 unspecified atom stereocenters. The first-order chi connectivity index (χ1) is 10.5. The zero-order valence-electron chi connectivity index (χ0n) is 13.8. The number of aryl methyl sites for hydroxylation is 1. The average Bonchev–Trinajstić information content (AvgIpc) is 2.82. The van der Waals surface area contributed by atoms with Gasteiger partial charge in [0.25, 0.3) is 5.91 Å². The summed E-state index contributed by atoms with van der Waals surface area (Å²) in [6.45, 7) is 5.87. The Bertz CT molecular complexity index is 538. The van der Waals surface area contributed by atoms with Crippen LogP contribution in [0.1, 0.15) is 73.7 Å². The maximum absolute atomic E-state index is 12.8. The Balaban J connectivity index is 1.78. The van der Waals surface area contributed by atoms with E-state index in [4.69, 9.17) is 10.3 Å². The number of carbonyl (C=O) groups is 1. The Morgan fingerprint density at radius 1 is 1.32 bits per heavy atom. The molecule has 2 aliphatic carbocycles. The van der Waals surface area contributed by atoms with Crippen LogP contribution in [0.3, 0.4) is 0 Å². The number of rotatable bonds is 3. The fraction of sp³-hybridized carbons (Fsp3) is 0.765. The van der Waals surface area contributed by atoms with Gasteiger partial charge < -0.3 is 15.6 Å². The van der Waals surface area contributed by atoms with Crippen LogP contribution in [-0.4, -0.2) is 23.1 Å². The highest BCUT2D eigenvalue weighted by atomic mass is 16.5. The van der Waals surface area contributed by atoms with Crippen molar-refractivity contribution in [3.63, 3.8) is 0 Å². The van der Waals surface area contributed by atoms with Crippen molar-refractivity contribution >= 4 is 5.91 Å². The van der Waals surface area contributed by atoms with Crippen LogP contribution >= 0.6 is 0 Å². The number of hydrogen-bond donors (Lipinski definition) is 2. The Hall–Kier alpha value is -1.36. The molecule has 0 spiro atoms. The monoisotopic (exact) mass is 305 g/mol. The molecule has 2 saturated carbocycles. The zero-order chi connectivity index (χ0) is 15.9. The summed E-state index contributed by atoms with van der Waals surface area (Å²) in [5.74, 6) is 1.86. The Morgan fingerprint density at radius 2 is 1.95 bits per heavy atom. The van der Waals surface area contributed by atoms with E-state index in [1.54, 1.807) is 0 Å². The smallest absolute Gasteiger partial charge is 0.257 e. The Morgan fingerprint density at radius 3 is 2.55 bits per heavy atom. The number of fused-ring (bicyclic) bond motifs is 2. The molecule has 2 aliphatic rings. The second kappa shape index (κ2) is 6.03. The van der Waals surface area contributed by atoms with Crippen LogP contribution in [0.15, 0.2) is 4.52 Å². The Labute approximate surface area is 132 Å². The average molecular weight is 305 g/mol. The summed E-state index contributed by atoms with van der Waals surface area (Å²) in [4.78, 5) is 12.8. The quantitative estimate of drug-likeness (QED) is 0.899. The van der Waals surface area contributed by atoms with E-state index in [1.807, 2.05) is 20.8 Å². The molecule has 0 saturated heterocycles. The van der Waals surface area contributed by atoms with E-state index in [0.717, 1.165) is 12.8 Å². The van der Waals surface area contributed by atoms with Crippen molar-refractivity contribution in [3.8, 4) is 0 Å². The first-order valence-corrected chi connectivity index (χ1v) is 8.50. The summed E-state index contributed by atoms with van der Waals surface area (Å²) in [5, 5.41) is 7.27. The largest absolute Gasteiger partial charge is 0.360 e. The summed E-state index contributed by atoms with van der Waals surface area (Å²) < 4.78 is 5.35. The molecule has 122 valence electrons. The predicted octanol–water partition coefficient (Wildman–Crippen LogP) is 2.74. The highest BCUT2D eigenvalue weighted by molar-refractivity contribution is 5.96. The molecule has 5 nitrogen and oxygen atoms in total. The second-order valence-corrected chi connectivity index (χ2v) is 7.34. The molecule has 0 radical (unpaired) electrons. The number of nitrogens with one attached hydrogen (secondary N) is 1. The minimum absolute atomic E-state index is 0.0279. The number of hydrogen-bond acceptors (Lipinski definition) is 4. The van der Waals surface area contributed by atoms with Crippen molar-refractivity contribution < 1.29 is 9.32 Å². The first-order valence-electron chi connectivity index (χ1n) is 8.50. The molecular weight excluding hydrogens is 278 g/mol. The third-order valence-corrected chi connectivity index (χ3v) is 5.31. The SMILES string of the molecule is Cc1noc(C(C)C)c1C(=O)NC1C2CCCC1CC(N)C2. The van der Waals surface area contributed by atoms with E-state index in [9.17, 15) is 4.79 Å². The van der Waals surface area contributed by atoms with Crippen LogP contribution in [0, 0.1) is 18.8 Å². The Kier molecular flexibility index (Phi) is 4.26. The summed E-state index contributed by atoms with van der Waals surface area (Å²) in [6.07, 6.45) is 5.67. The van der Waals surface area contributed by atoms with Crippen LogP contribution in [0.2, 0.25) is 0 Å². The lowest BCUT2D eigenvalue weighted by molar-refractivity contribution is 0.0753. The van der Waals surface area contributed by atoms with E-state index >= 15 is 0 Å². The van der Waals surface area contributed by atoms with Crippen molar-refractivity contribution in [3.05, 3.63) is 17.0 Å². The number of carbonyl (C=O) groups excluding carboxylic acids is 1. The lowest BCUT2D eigenvalue weighted by Gasteiger charge is -2.45. The molecule has 2 fully saturated rings. The highest BCUT2D eigenvalue weighted by Crippen LogP contribution is 2.40. The van der Waals surface area contributed by atoms with Gasteiger partial charge in [-0.05, 0) is 44.4 Å². The maximum atomic E-state index is 12.8. The summed E-state index contributed by atoms with van der Waals surface area (Å²) in [7, 11) is 0. The summed E-state index contributed by atoms with van der Waals surface area (Å²) in [5.41, 5.74) is 7.47. The van der Waals surface area contributed by atoms with Crippen molar-refractivity contribution in [2.24, 2.45) is 17.6 Å². The van der Waals surface area contributed by atoms with Gasteiger partial charge in [-0.1, -0.05) is 25.4 Å². The third kappa shape index (κ3) is 2.78. The lowest BCUT2D eigenvalue weighted by Crippen LogP contribution is -2.53. The zero-order valence-corrected chi connectivity index (χ0v) is 13.8. The van der Waals surface area contributed by atoms with E-state index in [0.29, 0.717) is 34.9 Å². The lowest BCUT2D eigenvalue weighted by atomic mass is 9.67.